The monoisotopic (exact) mass is 118 g/mol. The van der Waals surface area contributed by atoms with Crippen molar-refractivity contribution in [2.24, 2.45) is 0 Å². The van der Waals surface area contributed by atoms with Crippen molar-refractivity contribution >= 4 is 0 Å². The lowest BCUT2D eigenvalue weighted by molar-refractivity contribution is 0.120. The van der Waals surface area contributed by atoms with Gasteiger partial charge in [-0.2, -0.15) is 0 Å². The normalized spacial score (nSPS) is 14.6. The van der Waals surface area contributed by atoms with Crippen molar-refractivity contribution in [3.63, 3.8) is 0 Å². The second-order valence-corrected chi connectivity index (χ2v) is 1.95. The Morgan fingerprint density at radius 3 is 2.38 bits per heavy atom. The summed E-state index contributed by atoms with van der Waals surface area (Å²) >= 11 is 0. The summed E-state index contributed by atoms with van der Waals surface area (Å²) in [5.41, 5.74) is 2.87. The third kappa shape index (κ3) is 4.05. The van der Waals surface area contributed by atoms with Gasteiger partial charge in [0.15, 0.2) is 0 Å². The van der Waals surface area contributed by atoms with Crippen LogP contribution in [0.15, 0.2) is 0 Å². The van der Waals surface area contributed by atoms with Crippen molar-refractivity contribution in [2.75, 3.05) is 20.6 Å². The summed E-state index contributed by atoms with van der Waals surface area (Å²) in [6.07, 6.45) is -0.257. The SMILES string of the molecule is CNN(C)CC(C)O. The molecule has 0 aliphatic rings. The van der Waals surface area contributed by atoms with Crippen LogP contribution in [0.5, 0.6) is 0 Å². The molecule has 0 amide bonds. The first kappa shape index (κ1) is 7.88. The van der Waals surface area contributed by atoms with Gasteiger partial charge in [0.05, 0.1) is 6.10 Å². The fourth-order valence-electron chi connectivity index (χ4n) is 0.488. The Bertz CT molecular complexity index is 56.4. The van der Waals surface area contributed by atoms with E-state index >= 15 is 0 Å². The number of rotatable bonds is 3. The Morgan fingerprint density at radius 1 is 1.75 bits per heavy atom. The van der Waals surface area contributed by atoms with Crippen LogP contribution in [-0.4, -0.2) is 36.9 Å². The molecule has 0 saturated carbocycles. The van der Waals surface area contributed by atoms with Crippen molar-refractivity contribution in [3.05, 3.63) is 0 Å². The van der Waals surface area contributed by atoms with Gasteiger partial charge in [0, 0.05) is 13.6 Å². The molecule has 1 atom stereocenters. The number of nitrogens with one attached hydrogen (secondary N) is 1. The molecule has 0 fully saturated rings. The predicted octanol–water partition coefficient (Wildman–Crippen LogP) is -0.567. The Labute approximate surface area is 50.3 Å². The van der Waals surface area contributed by atoms with E-state index in [4.69, 9.17) is 5.11 Å². The predicted molar refractivity (Wildman–Crippen MR) is 33.4 cm³/mol. The van der Waals surface area contributed by atoms with E-state index in [1.165, 1.54) is 0 Å². The van der Waals surface area contributed by atoms with Gasteiger partial charge in [0.2, 0.25) is 0 Å². The molecule has 2 N–H and O–H groups in total. The van der Waals surface area contributed by atoms with Gasteiger partial charge in [-0.05, 0) is 14.0 Å². The summed E-state index contributed by atoms with van der Waals surface area (Å²) in [5.74, 6) is 0. The van der Waals surface area contributed by atoms with Gasteiger partial charge in [0.1, 0.15) is 0 Å². The van der Waals surface area contributed by atoms with Gasteiger partial charge >= 0.3 is 0 Å². The molecule has 0 radical (unpaired) electrons. The topological polar surface area (TPSA) is 35.5 Å². The summed E-state index contributed by atoms with van der Waals surface area (Å²) in [6.45, 7) is 2.42. The molecular formula is C5H14N2O. The third-order valence-electron chi connectivity index (χ3n) is 0.920. The molecule has 3 heteroatoms. The number of aliphatic hydroxyl groups excluding tert-OH is 1. The highest BCUT2D eigenvalue weighted by atomic mass is 16.3. The highest BCUT2D eigenvalue weighted by Crippen LogP contribution is 1.80. The molecule has 8 heavy (non-hydrogen) atoms. The van der Waals surface area contributed by atoms with Crippen LogP contribution in [0.1, 0.15) is 6.92 Å². The highest BCUT2D eigenvalue weighted by Gasteiger charge is 1.97. The molecule has 0 saturated heterocycles. The minimum atomic E-state index is -0.257. The fraction of sp³-hybridized carbons (Fsp3) is 1.00. The molecule has 0 aliphatic carbocycles. The summed E-state index contributed by atoms with van der Waals surface area (Å²) in [4.78, 5) is 0. The van der Waals surface area contributed by atoms with Crippen molar-refractivity contribution in [1.82, 2.24) is 10.4 Å². The Balaban J connectivity index is 3.10. The summed E-state index contributed by atoms with van der Waals surface area (Å²) in [7, 11) is 3.70. The van der Waals surface area contributed by atoms with Crippen molar-refractivity contribution < 1.29 is 5.11 Å². The largest absolute Gasteiger partial charge is 0.392 e. The second kappa shape index (κ2) is 3.83. The lowest BCUT2D eigenvalue weighted by atomic mass is 10.4. The average Bonchev–Trinajstić information content (AvgIpc) is 1.65. The molecule has 0 aromatic rings. The van der Waals surface area contributed by atoms with E-state index in [9.17, 15) is 0 Å². The zero-order valence-corrected chi connectivity index (χ0v) is 5.68. The maximum Gasteiger partial charge on any atom is 0.0652 e. The van der Waals surface area contributed by atoms with Crippen LogP contribution in [0.3, 0.4) is 0 Å². The van der Waals surface area contributed by atoms with Crippen molar-refractivity contribution in [1.29, 1.82) is 0 Å². The van der Waals surface area contributed by atoms with Gasteiger partial charge in [0.25, 0.3) is 0 Å². The zero-order chi connectivity index (χ0) is 6.57. The Kier molecular flexibility index (Phi) is 3.77. The van der Waals surface area contributed by atoms with E-state index in [0.717, 1.165) is 0 Å². The maximum absolute atomic E-state index is 8.77. The molecule has 0 heterocycles. The molecule has 50 valence electrons. The second-order valence-electron chi connectivity index (χ2n) is 1.95. The number of hydrazine groups is 1. The van der Waals surface area contributed by atoms with E-state index in [1.54, 1.807) is 6.92 Å². The number of hydrogen-bond donors (Lipinski definition) is 2. The van der Waals surface area contributed by atoms with Crippen LogP contribution in [-0.2, 0) is 0 Å². The summed E-state index contributed by atoms with van der Waals surface area (Å²) < 4.78 is 0. The van der Waals surface area contributed by atoms with Gasteiger partial charge in [-0.15, -0.1) is 0 Å². The van der Waals surface area contributed by atoms with Gasteiger partial charge in [-0.25, -0.2) is 5.01 Å². The van der Waals surface area contributed by atoms with E-state index in [2.05, 4.69) is 5.43 Å². The lowest BCUT2D eigenvalue weighted by Crippen LogP contribution is -2.36. The van der Waals surface area contributed by atoms with Gasteiger partial charge in [-0.3, -0.25) is 5.43 Å². The maximum atomic E-state index is 8.77. The summed E-state index contributed by atoms with van der Waals surface area (Å²) in [6, 6.07) is 0. The molecule has 0 aromatic carbocycles. The van der Waals surface area contributed by atoms with E-state index in [0.29, 0.717) is 6.54 Å². The van der Waals surface area contributed by atoms with E-state index < -0.39 is 0 Å². The van der Waals surface area contributed by atoms with E-state index in [-0.39, 0.29) is 6.10 Å². The van der Waals surface area contributed by atoms with Crippen LogP contribution in [0.4, 0.5) is 0 Å². The number of likely N-dealkylation sites (N-methyl/N-ethyl adjacent to an activating group) is 1. The Morgan fingerprint density at radius 2 is 2.25 bits per heavy atom. The zero-order valence-electron chi connectivity index (χ0n) is 5.68. The van der Waals surface area contributed by atoms with E-state index in [1.807, 2.05) is 19.1 Å². The standard InChI is InChI=1S/C5H14N2O/c1-5(8)4-7(3)6-2/h5-6,8H,4H2,1-3H3. The smallest absolute Gasteiger partial charge is 0.0652 e. The first-order valence-electron chi connectivity index (χ1n) is 2.73. The third-order valence-corrected chi connectivity index (χ3v) is 0.920. The first-order valence-corrected chi connectivity index (χ1v) is 2.73. The van der Waals surface area contributed by atoms with Crippen LogP contribution < -0.4 is 5.43 Å². The average molecular weight is 118 g/mol. The van der Waals surface area contributed by atoms with Gasteiger partial charge in [-0.1, -0.05) is 0 Å². The fourth-order valence-corrected chi connectivity index (χ4v) is 0.488. The number of nitrogens with zero attached hydrogens (tertiary/aromatic N) is 1. The number of aliphatic hydroxyl groups is 1. The molecule has 1 unspecified atom stereocenters. The Hall–Kier alpha value is -0.120. The minimum Gasteiger partial charge on any atom is -0.392 e. The molecule has 0 rings (SSSR count). The molecule has 0 aromatic heterocycles. The molecule has 0 bridgehead atoms. The lowest BCUT2D eigenvalue weighted by Gasteiger charge is -2.15. The van der Waals surface area contributed by atoms with Crippen molar-refractivity contribution in [2.45, 2.75) is 13.0 Å². The van der Waals surface area contributed by atoms with Crippen LogP contribution in [0.2, 0.25) is 0 Å². The quantitative estimate of drug-likeness (QED) is 0.487. The molecule has 0 aliphatic heterocycles. The molecule has 3 nitrogen and oxygen atoms in total. The molecule has 0 spiro atoms. The number of hydrogen-bond acceptors (Lipinski definition) is 3. The first-order chi connectivity index (χ1) is 3.66. The summed E-state index contributed by atoms with van der Waals surface area (Å²) in [5, 5.41) is 10.6. The van der Waals surface area contributed by atoms with Crippen LogP contribution in [0.25, 0.3) is 0 Å². The molecular weight excluding hydrogens is 104 g/mol. The van der Waals surface area contributed by atoms with Gasteiger partial charge < -0.3 is 5.11 Å². The minimum absolute atomic E-state index is 0.257. The van der Waals surface area contributed by atoms with Crippen LogP contribution in [0, 0.1) is 0 Å². The highest BCUT2D eigenvalue weighted by molar-refractivity contribution is 4.48. The van der Waals surface area contributed by atoms with Crippen molar-refractivity contribution in [3.8, 4) is 0 Å². The van der Waals surface area contributed by atoms with Crippen LogP contribution >= 0.6 is 0 Å².